The summed E-state index contributed by atoms with van der Waals surface area (Å²) in [5, 5.41) is 2.97. The second kappa shape index (κ2) is 6.54. The van der Waals surface area contributed by atoms with Crippen LogP contribution in [-0.2, 0) is 11.2 Å². The molecule has 0 spiro atoms. The van der Waals surface area contributed by atoms with E-state index in [1.807, 2.05) is 0 Å². The minimum absolute atomic E-state index is 0.0101. The predicted molar refractivity (Wildman–Crippen MR) is 69.9 cm³/mol. The third-order valence-corrected chi connectivity index (χ3v) is 3.62. The molecule has 2 unspecified atom stereocenters. The Hall–Kier alpha value is -1.36. The van der Waals surface area contributed by atoms with Gasteiger partial charge in [0.15, 0.2) is 0 Å². The highest BCUT2D eigenvalue weighted by Crippen LogP contribution is 2.22. The van der Waals surface area contributed by atoms with Crippen molar-refractivity contribution in [3.8, 4) is 0 Å². The minimum atomic E-state index is -0.0101. The van der Waals surface area contributed by atoms with Gasteiger partial charge in [-0.1, -0.05) is 19.3 Å². The zero-order valence-electron chi connectivity index (χ0n) is 10.7. The van der Waals surface area contributed by atoms with Crippen molar-refractivity contribution in [3.05, 3.63) is 18.2 Å². The Morgan fingerprint density at radius 1 is 1.44 bits per heavy atom. The number of carbonyl (C=O) groups excluding carboxylic acids is 1. The average Bonchev–Trinajstić information content (AvgIpc) is 2.77. The van der Waals surface area contributed by atoms with Crippen LogP contribution in [0.3, 0.4) is 0 Å². The Kier molecular flexibility index (Phi) is 4.75. The van der Waals surface area contributed by atoms with E-state index < -0.39 is 0 Å². The molecule has 1 aromatic heterocycles. The van der Waals surface area contributed by atoms with Gasteiger partial charge in [-0.2, -0.15) is 0 Å². The second-order valence-corrected chi connectivity index (χ2v) is 4.99. The lowest BCUT2D eigenvalue weighted by Gasteiger charge is -2.20. The monoisotopic (exact) mass is 250 g/mol. The Labute approximate surface area is 108 Å². The second-order valence-electron chi connectivity index (χ2n) is 4.99. The lowest BCUT2D eigenvalue weighted by molar-refractivity contribution is -0.125. The van der Waals surface area contributed by atoms with E-state index in [0.29, 0.717) is 6.54 Å². The molecule has 5 heteroatoms. The standard InChI is InChI=1S/C13H22N4O/c14-11-5-3-1-2-4-10(11)13(18)17-7-6-12-15-8-9-16-12/h8-11H,1-7,14H2,(H,15,16)(H,17,18). The Balaban J connectivity index is 1.76. The third-order valence-electron chi connectivity index (χ3n) is 3.62. The minimum Gasteiger partial charge on any atom is -0.355 e. The highest BCUT2D eigenvalue weighted by molar-refractivity contribution is 5.79. The quantitative estimate of drug-likeness (QED) is 0.696. The number of hydrogen-bond donors (Lipinski definition) is 3. The van der Waals surface area contributed by atoms with Crippen molar-refractivity contribution in [3.63, 3.8) is 0 Å². The van der Waals surface area contributed by atoms with Crippen LogP contribution in [0.15, 0.2) is 12.4 Å². The topological polar surface area (TPSA) is 83.8 Å². The van der Waals surface area contributed by atoms with Gasteiger partial charge in [0.25, 0.3) is 0 Å². The maximum atomic E-state index is 12.1. The van der Waals surface area contributed by atoms with Gasteiger partial charge in [0, 0.05) is 31.4 Å². The first-order valence-corrected chi connectivity index (χ1v) is 6.79. The van der Waals surface area contributed by atoms with Gasteiger partial charge in [-0.05, 0) is 12.8 Å². The number of nitrogens with two attached hydrogens (primary N) is 1. The van der Waals surface area contributed by atoms with Gasteiger partial charge in [-0.25, -0.2) is 4.98 Å². The molecule has 1 heterocycles. The van der Waals surface area contributed by atoms with Crippen molar-refractivity contribution in [2.75, 3.05) is 6.54 Å². The van der Waals surface area contributed by atoms with Gasteiger partial charge < -0.3 is 16.0 Å². The van der Waals surface area contributed by atoms with E-state index in [2.05, 4.69) is 15.3 Å². The Morgan fingerprint density at radius 3 is 3.06 bits per heavy atom. The predicted octanol–water partition coefficient (Wildman–Crippen LogP) is 0.976. The SMILES string of the molecule is NC1CCCCCC1C(=O)NCCc1ncc[nH]1. The van der Waals surface area contributed by atoms with Crippen LogP contribution >= 0.6 is 0 Å². The Bertz CT molecular complexity index is 363. The summed E-state index contributed by atoms with van der Waals surface area (Å²) in [5.41, 5.74) is 6.07. The molecule has 1 aromatic rings. The van der Waals surface area contributed by atoms with Crippen molar-refractivity contribution in [2.24, 2.45) is 11.7 Å². The van der Waals surface area contributed by atoms with Gasteiger partial charge in [-0.3, -0.25) is 4.79 Å². The number of amides is 1. The van der Waals surface area contributed by atoms with Crippen LogP contribution in [0.5, 0.6) is 0 Å². The summed E-state index contributed by atoms with van der Waals surface area (Å²) in [7, 11) is 0. The molecule has 18 heavy (non-hydrogen) atoms. The van der Waals surface area contributed by atoms with Gasteiger partial charge >= 0.3 is 0 Å². The number of carbonyl (C=O) groups is 1. The smallest absolute Gasteiger partial charge is 0.224 e. The highest BCUT2D eigenvalue weighted by atomic mass is 16.1. The largest absolute Gasteiger partial charge is 0.355 e. The fraction of sp³-hybridized carbons (Fsp3) is 0.692. The number of nitrogens with one attached hydrogen (secondary N) is 2. The van der Waals surface area contributed by atoms with E-state index in [4.69, 9.17) is 5.73 Å². The summed E-state index contributed by atoms with van der Waals surface area (Å²) in [4.78, 5) is 19.2. The molecule has 5 nitrogen and oxygen atoms in total. The van der Waals surface area contributed by atoms with Gasteiger partial charge in [0.05, 0.1) is 5.92 Å². The first kappa shape index (κ1) is 13.1. The Morgan fingerprint density at radius 2 is 2.28 bits per heavy atom. The zero-order chi connectivity index (χ0) is 12.8. The van der Waals surface area contributed by atoms with Crippen molar-refractivity contribution in [2.45, 2.75) is 44.6 Å². The van der Waals surface area contributed by atoms with Crippen LogP contribution in [0.25, 0.3) is 0 Å². The number of aromatic nitrogens is 2. The normalized spacial score (nSPS) is 24.5. The summed E-state index contributed by atoms with van der Waals surface area (Å²) in [6.45, 7) is 0.621. The molecule has 1 aliphatic carbocycles. The molecule has 1 aliphatic rings. The molecule has 2 rings (SSSR count). The van der Waals surface area contributed by atoms with Crippen LogP contribution in [0.4, 0.5) is 0 Å². The summed E-state index contributed by atoms with van der Waals surface area (Å²) >= 11 is 0. The van der Waals surface area contributed by atoms with Gasteiger partial charge in [0.1, 0.15) is 5.82 Å². The van der Waals surface area contributed by atoms with Crippen LogP contribution in [0, 0.1) is 5.92 Å². The highest BCUT2D eigenvalue weighted by Gasteiger charge is 2.26. The van der Waals surface area contributed by atoms with Crippen LogP contribution in [0.2, 0.25) is 0 Å². The summed E-state index contributed by atoms with van der Waals surface area (Å²) < 4.78 is 0. The van der Waals surface area contributed by atoms with E-state index in [-0.39, 0.29) is 17.9 Å². The zero-order valence-corrected chi connectivity index (χ0v) is 10.7. The molecule has 2 atom stereocenters. The number of imidazole rings is 1. The van der Waals surface area contributed by atoms with Crippen LogP contribution in [-0.4, -0.2) is 28.5 Å². The molecule has 0 aliphatic heterocycles. The van der Waals surface area contributed by atoms with E-state index in [1.54, 1.807) is 12.4 Å². The number of hydrogen-bond acceptors (Lipinski definition) is 3. The molecular weight excluding hydrogens is 228 g/mol. The van der Waals surface area contributed by atoms with Crippen molar-refractivity contribution < 1.29 is 4.79 Å². The third kappa shape index (κ3) is 3.57. The maximum absolute atomic E-state index is 12.1. The number of rotatable bonds is 4. The molecule has 4 N–H and O–H groups in total. The first-order chi connectivity index (χ1) is 8.77. The van der Waals surface area contributed by atoms with Crippen LogP contribution in [0.1, 0.15) is 37.9 Å². The number of H-pyrrole nitrogens is 1. The molecule has 0 aromatic carbocycles. The fourth-order valence-electron chi connectivity index (χ4n) is 2.53. The van der Waals surface area contributed by atoms with Gasteiger partial charge in [-0.15, -0.1) is 0 Å². The number of nitrogens with zero attached hydrogens (tertiary/aromatic N) is 1. The molecule has 1 amide bonds. The molecular formula is C13H22N4O. The summed E-state index contributed by atoms with van der Waals surface area (Å²) in [5.74, 6) is 1.00. The summed E-state index contributed by atoms with van der Waals surface area (Å²) in [6, 6.07) is 0.0242. The van der Waals surface area contributed by atoms with E-state index in [0.717, 1.165) is 37.9 Å². The first-order valence-electron chi connectivity index (χ1n) is 6.79. The number of aromatic amines is 1. The lowest BCUT2D eigenvalue weighted by atomic mass is 9.94. The summed E-state index contributed by atoms with van der Waals surface area (Å²) in [6.07, 6.45) is 9.60. The fourth-order valence-corrected chi connectivity index (χ4v) is 2.53. The molecule has 0 radical (unpaired) electrons. The molecule has 0 bridgehead atoms. The average molecular weight is 250 g/mol. The molecule has 1 fully saturated rings. The van der Waals surface area contributed by atoms with Crippen molar-refractivity contribution in [1.29, 1.82) is 0 Å². The van der Waals surface area contributed by atoms with E-state index in [9.17, 15) is 4.79 Å². The van der Waals surface area contributed by atoms with E-state index in [1.165, 1.54) is 6.42 Å². The van der Waals surface area contributed by atoms with Crippen molar-refractivity contribution in [1.82, 2.24) is 15.3 Å². The molecule has 100 valence electrons. The molecule has 1 saturated carbocycles. The van der Waals surface area contributed by atoms with Crippen molar-refractivity contribution >= 4 is 5.91 Å². The van der Waals surface area contributed by atoms with E-state index >= 15 is 0 Å². The maximum Gasteiger partial charge on any atom is 0.224 e. The molecule has 0 saturated heterocycles. The lowest BCUT2D eigenvalue weighted by Crippen LogP contribution is -2.41. The van der Waals surface area contributed by atoms with Crippen LogP contribution < -0.4 is 11.1 Å². The van der Waals surface area contributed by atoms with Gasteiger partial charge in [0.2, 0.25) is 5.91 Å².